The molecule has 1 amide bonds. The van der Waals surface area contributed by atoms with Crippen molar-refractivity contribution in [3.8, 4) is 5.75 Å². The van der Waals surface area contributed by atoms with Gasteiger partial charge in [0, 0.05) is 23.8 Å². The zero-order valence-electron chi connectivity index (χ0n) is 19.3. The highest BCUT2D eigenvalue weighted by Gasteiger charge is 2.35. The molecule has 1 saturated heterocycles. The van der Waals surface area contributed by atoms with E-state index in [9.17, 15) is 4.79 Å². The summed E-state index contributed by atoms with van der Waals surface area (Å²) in [6.07, 6.45) is 6.01. The first-order chi connectivity index (χ1) is 15.5. The van der Waals surface area contributed by atoms with E-state index in [1.165, 1.54) is 16.7 Å². The summed E-state index contributed by atoms with van der Waals surface area (Å²) >= 11 is 6.26. The number of methoxy groups -OCH3 is 1. The number of nitrogens with zero attached hydrogens (tertiary/aromatic N) is 1. The number of ether oxygens (including phenoxy) is 1. The first kappa shape index (κ1) is 23.9. The highest BCUT2D eigenvalue weighted by Crippen LogP contribution is 2.34. The van der Waals surface area contributed by atoms with Crippen LogP contribution in [0.3, 0.4) is 0 Å². The van der Waals surface area contributed by atoms with Gasteiger partial charge in [-0.1, -0.05) is 55.8 Å². The van der Waals surface area contributed by atoms with Crippen LogP contribution in [0.5, 0.6) is 5.75 Å². The van der Waals surface area contributed by atoms with E-state index in [2.05, 4.69) is 37.9 Å². The largest absolute Gasteiger partial charge is 0.495 e. The van der Waals surface area contributed by atoms with E-state index in [1.807, 2.05) is 36.4 Å². The first-order valence-corrected chi connectivity index (χ1v) is 11.7. The van der Waals surface area contributed by atoms with Crippen LogP contribution in [0.25, 0.3) is 5.57 Å². The number of hydrogen-bond donors (Lipinski definition) is 1. The Balaban J connectivity index is 1.63. The number of nitrogens with one attached hydrogen (secondary N) is 1. The molecule has 0 aromatic heterocycles. The van der Waals surface area contributed by atoms with Gasteiger partial charge in [-0.3, -0.25) is 4.79 Å². The summed E-state index contributed by atoms with van der Waals surface area (Å²) in [6, 6.07) is 13.7. The highest BCUT2D eigenvalue weighted by atomic mass is 35.5. The average Bonchev–Trinajstić information content (AvgIpc) is 3.18. The number of anilines is 1. The maximum atomic E-state index is 13.1. The van der Waals surface area contributed by atoms with Crippen LogP contribution in [0.15, 0.2) is 60.8 Å². The lowest BCUT2D eigenvalue weighted by atomic mass is 9.96. The normalized spacial score (nSPS) is 16.4. The van der Waals surface area contributed by atoms with E-state index < -0.39 is 0 Å². The van der Waals surface area contributed by atoms with Crippen molar-refractivity contribution >= 4 is 28.8 Å². The van der Waals surface area contributed by atoms with Crippen molar-refractivity contribution in [3.63, 3.8) is 0 Å². The number of unbranched alkanes of at least 4 members (excludes halogenated alkanes) is 1. The van der Waals surface area contributed by atoms with E-state index in [0.717, 1.165) is 48.6 Å². The predicted molar refractivity (Wildman–Crippen MR) is 134 cm³/mol. The van der Waals surface area contributed by atoms with Crippen molar-refractivity contribution in [2.75, 3.05) is 25.1 Å². The maximum absolute atomic E-state index is 13.1. The van der Waals surface area contributed by atoms with Crippen LogP contribution < -0.4 is 15.0 Å². The summed E-state index contributed by atoms with van der Waals surface area (Å²) in [5.74, 6) is 0.554. The van der Waals surface area contributed by atoms with Gasteiger partial charge in [0.1, 0.15) is 5.75 Å². The third-order valence-electron chi connectivity index (χ3n) is 5.97. The van der Waals surface area contributed by atoms with Crippen LogP contribution in [0, 0.1) is 12.8 Å². The number of hydrogen-bond acceptors (Lipinski definition) is 3. The minimum Gasteiger partial charge on any atom is -0.495 e. The SMILES string of the molecule is C=C(NCC/C(=C/CCC)c1cc(Cl)ccc1C)C1CCN(c2ccccc2OC)C1=O. The van der Waals surface area contributed by atoms with Crippen molar-refractivity contribution in [1.82, 2.24) is 5.32 Å². The molecule has 1 fully saturated rings. The van der Waals surface area contributed by atoms with Gasteiger partial charge in [0.15, 0.2) is 0 Å². The number of aryl methyl sites for hydroxylation is 1. The Hall–Kier alpha value is -2.72. The summed E-state index contributed by atoms with van der Waals surface area (Å²) in [4.78, 5) is 14.9. The van der Waals surface area contributed by atoms with Gasteiger partial charge in [-0.25, -0.2) is 0 Å². The molecule has 1 N–H and O–H groups in total. The number of benzene rings is 2. The monoisotopic (exact) mass is 452 g/mol. The van der Waals surface area contributed by atoms with Crippen LogP contribution in [0.2, 0.25) is 5.02 Å². The smallest absolute Gasteiger partial charge is 0.236 e. The van der Waals surface area contributed by atoms with Crippen molar-refractivity contribution in [3.05, 3.63) is 77.0 Å². The molecule has 2 aromatic carbocycles. The Morgan fingerprint density at radius 1 is 1.31 bits per heavy atom. The molecular weight excluding hydrogens is 420 g/mol. The third-order valence-corrected chi connectivity index (χ3v) is 6.21. The zero-order chi connectivity index (χ0) is 23.1. The summed E-state index contributed by atoms with van der Waals surface area (Å²) in [7, 11) is 1.63. The summed E-state index contributed by atoms with van der Waals surface area (Å²) in [6.45, 7) is 9.86. The first-order valence-electron chi connectivity index (χ1n) is 11.3. The molecule has 1 aliphatic heterocycles. The minimum absolute atomic E-state index is 0.0689. The zero-order valence-corrected chi connectivity index (χ0v) is 20.0. The Bertz CT molecular complexity index is 999. The van der Waals surface area contributed by atoms with Gasteiger partial charge >= 0.3 is 0 Å². The summed E-state index contributed by atoms with van der Waals surface area (Å²) < 4.78 is 5.44. The van der Waals surface area contributed by atoms with Gasteiger partial charge < -0.3 is 15.0 Å². The van der Waals surface area contributed by atoms with Crippen LogP contribution in [-0.4, -0.2) is 26.1 Å². The second-order valence-electron chi connectivity index (χ2n) is 8.18. The molecule has 5 heteroatoms. The predicted octanol–water partition coefficient (Wildman–Crippen LogP) is 6.39. The lowest BCUT2D eigenvalue weighted by molar-refractivity contribution is -0.119. The minimum atomic E-state index is -0.226. The molecule has 1 aliphatic rings. The Labute approximate surface area is 196 Å². The van der Waals surface area contributed by atoms with Gasteiger partial charge in [-0.2, -0.15) is 0 Å². The van der Waals surface area contributed by atoms with Crippen molar-refractivity contribution in [1.29, 1.82) is 0 Å². The molecule has 0 spiro atoms. The molecule has 1 atom stereocenters. The van der Waals surface area contributed by atoms with E-state index in [1.54, 1.807) is 12.0 Å². The van der Waals surface area contributed by atoms with E-state index >= 15 is 0 Å². The Morgan fingerprint density at radius 3 is 2.84 bits per heavy atom. The second-order valence-corrected chi connectivity index (χ2v) is 8.62. The average molecular weight is 453 g/mol. The highest BCUT2D eigenvalue weighted by molar-refractivity contribution is 6.30. The molecule has 4 nitrogen and oxygen atoms in total. The molecule has 1 heterocycles. The molecule has 1 unspecified atom stereocenters. The number of amides is 1. The molecule has 0 bridgehead atoms. The number of allylic oxidation sites excluding steroid dienone is 1. The number of para-hydroxylation sites is 2. The van der Waals surface area contributed by atoms with Crippen LogP contribution >= 0.6 is 11.6 Å². The molecule has 0 saturated carbocycles. The van der Waals surface area contributed by atoms with Crippen molar-refractivity contribution in [2.45, 2.75) is 39.5 Å². The summed E-state index contributed by atoms with van der Waals surface area (Å²) in [5, 5.41) is 4.17. The van der Waals surface area contributed by atoms with E-state index in [-0.39, 0.29) is 11.8 Å². The van der Waals surface area contributed by atoms with Gasteiger partial charge in [0.05, 0.1) is 18.7 Å². The van der Waals surface area contributed by atoms with E-state index in [0.29, 0.717) is 12.3 Å². The third kappa shape index (κ3) is 5.55. The van der Waals surface area contributed by atoms with Gasteiger partial charge in [0.25, 0.3) is 0 Å². The topological polar surface area (TPSA) is 41.6 Å². The van der Waals surface area contributed by atoms with Crippen molar-refractivity contribution in [2.24, 2.45) is 5.92 Å². The molecule has 170 valence electrons. The lowest BCUT2D eigenvalue weighted by Crippen LogP contribution is -2.31. The second kappa shape index (κ2) is 11.2. The quantitative estimate of drug-likeness (QED) is 0.454. The Morgan fingerprint density at radius 2 is 2.09 bits per heavy atom. The standard InChI is InChI=1S/C27H33ClN2O2/c1-5-6-9-21(24-18-22(28)13-12-19(24)2)14-16-29-20(3)23-15-17-30(27(23)31)25-10-7-8-11-26(25)32-4/h7-13,18,23,29H,3,5-6,14-17H2,1-2,4H3/b21-9-. The van der Waals surface area contributed by atoms with Gasteiger partial charge in [-0.15, -0.1) is 0 Å². The van der Waals surface area contributed by atoms with E-state index in [4.69, 9.17) is 16.3 Å². The Kier molecular flexibility index (Phi) is 8.40. The lowest BCUT2D eigenvalue weighted by Gasteiger charge is -2.20. The number of rotatable bonds is 10. The van der Waals surface area contributed by atoms with Crippen LogP contribution in [-0.2, 0) is 4.79 Å². The van der Waals surface area contributed by atoms with Crippen LogP contribution in [0.1, 0.15) is 43.7 Å². The number of carbonyl (C=O) groups excluding carboxylic acids is 1. The van der Waals surface area contributed by atoms with Gasteiger partial charge in [-0.05, 0) is 67.2 Å². The molecule has 32 heavy (non-hydrogen) atoms. The molecular formula is C27H33ClN2O2. The van der Waals surface area contributed by atoms with Gasteiger partial charge in [0.2, 0.25) is 5.91 Å². The molecule has 2 aromatic rings. The maximum Gasteiger partial charge on any atom is 0.236 e. The number of carbonyl (C=O) groups is 1. The number of halogens is 1. The molecule has 0 radical (unpaired) electrons. The molecule has 0 aliphatic carbocycles. The molecule has 3 rings (SSSR count). The fourth-order valence-corrected chi connectivity index (χ4v) is 4.35. The van der Waals surface area contributed by atoms with Crippen molar-refractivity contribution < 1.29 is 9.53 Å². The van der Waals surface area contributed by atoms with Crippen LogP contribution in [0.4, 0.5) is 5.69 Å². The summed E-state index contributed by atoms with van der Waals surface area (Å²) in [5.41, 5.74) is 5.29. The fraction of sp³-hybridized carbons (Fsp3) is 0.370. The fourth-order valence-electron chi connectivity index (χ4n) is 4.18.